The van der Waals surface area contributed by atoms with Gasteiger partial charge in [0.25, 0.3) is 5.91 Å². The number of rotatable bonds is 8. The summed E-state index contributed by atoms with van der Waals surface area (Å²) in [5.74, 6) is 1.77. The van der Waals surface area contributed by atoms with Gasteiger partial charge in [-0.2, -0.15) is 0 Å². The zero-order valence-electron chi connectivity index (χ0n) is 18.0. The van der Waals surface area contributed by atoms with E-state index in [9.17, 15) is 4.79 Å². The zero-order valence-corrected chi connectivity index (χ0v) is 18.0. The van der Waals surface area contributed by atoms with Crippen molar-refractivity contribution in [1.82, 2.24) is 10.2 Å². The molecule has 0 bridgehead atoms. The van der Waals surface area contributed by atoms with Gasteiger partial charge in [-0.25, -0.2) is 0 Å². The Kier molecular flexibility index (Phi) is 7.70. The summed E-state index contributed by atoms with van der Waals surface area (Å²) >= 11 is 0. The second-order valence-electron chi connectivity index (χ2n) is 8.39. The van der Waals surface area contributed by atoms with Crippen molar-refractivity contribution in [2.75, 3.05) is 26.2 Å². The number of carbonyl (C=O) groups excluding carboxylic acids is 1. The number of amides is 1. The number of hydrogen-bond acceptors (Lipinski definition) is 3. The predicted molar refractivity (Wildman–Crippen MR) is 119 cm³/mol. The van der Waals surface area contributed by atoms with E-state index in [1.807, 2.05) is 41.3 Å². The molecule has 0 atom stereocenters. The Hall–Kier alpha value is -2.33. The van der Waals surface area contributed by atoms with E-state index >= 15 is 0 Å². The lowest BCUT2D eigenvalue weighted by Gasteiger charge is -2.30. The van der Waals surface area contributed by atoms with Crippen molar-refractivity contribution in [2.45, 2.75) is 46.1 Å². The van der Waals surface area contributed by atoms with Crippen LogP contribution in [-0.2, 0) is 0 Å². The van der Waals surface area contributed by atoms with E-state index in [4.69, 9.17) is 4.74 Å². The van der Waals surface area contributed by atoms with E-state index < -0.39 is 0 Å². The molecule has 156 valence electrons. The van der Waals surface area contributed by atoms with Crippen molar-refractivity contribution in [3.63, 3.8) is 0 Å². The summed E-state index contributed by atoms with van der Waals surface area (Å²) < 4.78 is 5.81. The van der Waals surface area contributed by atoms with Gasteiger partial charge in [0.2, 0.25) is 0 Å². The van der Waals surface area contributed by atoms with E-state index in [1.165, 1.54) is 0 Å². The molecular weight excluding hydrogens is 360 g/mol. The molecule has 1 amide bonds. The lowest BCUT2D eigenvalue weighted by molar-refractivity contribution is 0.0697. The standard InChI is InChI=1S/C25H34N2O2/c1-19(2)26-15-4-18-29-24-11-9-22(10-12-24)21-5-7-23(8-6-21)25(28)27-16-13-20(3)14-17-27/h5-12,19-20,26H,4,13-18H2,1-3H3. The first-order valence-corrected chi connectivity index (χ1v) is 10.9. The summed E-state index contributed by atoms with van der Waals surface area (Å²) in [5.41, 5.74) is 3.02. The average Bonchev–Trinajstić information content (AvgIpc) is 2.74. The van der Waals surface area contributed by atoms with Crippen LogP contribution >= 0.6 is 0 Å². The van der Waals surface area contributed by atoms with Crippen LogP contribution in [0.2, 0.25) is 0 Å². The molecule has 2 aromatic carbocycles. The van der Waals surface area contributed by atoms with Gasteiger partial charge < -0.3 is 15.0 Å². The normalized spacial score (nSPS) is 15.0. The second-order valence-corrected chi connectivity index (χ2v) is 8.39. The molecule has 0 aliphatic carbocycles. The highest BCUT2D eigenvalue weighted by atomic mass is 16.5. The molecule has 4 nitrogen and oxygen atoms in total. The van der Waals surface area contributed by atoms with Crippen molar-refractivity contribution in [3.05, 3.63) is 54.1 Å². The molecule has 1 saturated heterocycles. The Morgan fingerprint density at radius 1 is 1.03 bits per heavy atom. The van der Waals surface area contributed by atoms with Crippen molar-refractivity contribution in [1.29, 1.82) is 0 Å². The number of nitrogens with zero attached hydrogens (tertiary/aromatic N) is 1. The van der Waals surface area contributed by atoms with E-state index in [0.717, 1.165) is 67.3 Å². The van der Waals surface area contributed by atoms with E-state index in [1.54, 1.807) is 0 Å². The lowest BCUT2D eigenvalue weighted by atomic mass is 9.98. The van der Waals surface area contributed by atoms with Crippen LogP contribution < -0.4 is 10.1 Å². The smallest absolute Gasteiger partial charge is 0.253 e. The largest absolute Gasteiger partial charge is 0.494 e. The fraction of sp³-hybridized carbons (Fsp3) is 0.480. The summed E-state index contributed by atoms with van der Waals surface area (Å²) in [6.45, 7) is 9.99. The molecule has 4 heteroatoms. The Morgan fingerprint density at radius 3 is 2.21 bits per heavy atom. The highest BCUT2D eigenvalue weighted by Crippen LogP contribution is 2.24. The lowest BCUT2D eigenvalue weighted by Crippen LogP contribution is -2.37. The minimum Gasteiger partial charge on any atom is -0.494 e. The zero-order chi connectivity index (χ0) is 20.6. The summed E-state index contributed by atoms with van der Waals surface area (Å²) in [7, 11) is 0. The van der Waals surface area contributed by atoms with Crippen molar-refractivity contribution in [3.8, 4) is 16.9 Å². The number of benzene rings is 2. The second kappa shape index (κ2) is 10.4. The monoisotopic (exact) mass is 394 g/mol. The van der Waals surface area contributed by atoms with Crippen molar-refractivity contribution < 1.29 is 9.53 Å². The molecule has 0 unspecified atom stereocenters. The third-order valence-electron chi connectivity index (χ3n) is 5.53. The minimum absolute atomic E-state index is 0.152. The fourth-order valence-corrected chi connectivity index (χ4v) is 3.60. The number of carbonyl (C=O) groups is 1. The molecule has 1 heterocycles. The summed E-state index contributed by atoms with van der Waals surface area (Å²) in [5, 5.41) is 3.39. The number of likely N-dealkylation sites (tertiary alicyclic amines) is 1. The number of hydrogen-bond donors (Lipinski definition) is 1. The van der Waals surface area contributed by atoms with E-state index in [-0.39, 0.29) is 5.91 Å². The first-order valence-electron chi connectivity index (χ1n) is 10.9. The summed E-state index contributed by atoms with van der Waals surface area (Å²) in [4.78, 5) is 14.7. The maximum atomic E-state index is 12.7. The molecule has 0 aromatic heterocycles. The Bertz CT molecular complexity index is 760. The van der Waals surface area contributed by atoms with Crippen LogP contribution in [0.4, 0.5) is 0 Å². The predicted octanol–water partition coefficient (Wildman–Crippen LogP) is 4.99. The Balaban J connectivity index is 1.52. The van der Waals surface area contributed by atoms with Crippen LogP contribution in [0.5, 0.6) is 5.75 Å². The van der Waals surface area contributed by atoms with Gasteiger partial charge in [-0.3, -0.25) is 4.79 Å². The molecule has 2 aromatic rings. The number of nitrogens with one attached hydrogen (secondary N) is 1. The molecule has 0 spiro atoms. The maximum absolute atomic E-state index is 12.7. The van der Waals surface area contributed by atoms with Crippen LogP contribution in [0.3, 0.4) is 0 Å². The molecule has 1 fully saturated rings. The third kappa shape index (κ3) is 6.33. The van der Waals surface area contributed by atoms with Gasteiger partial charge in [0.05, 0.1) is 6.61 Å². The third-order valence-corrected chi connectivity index (χ3v) is 5.53. The van der Waals surface area contributed by atoms with E-state index in [2.05, 4.69) is 38.2 Å². The molecule has 0 radical (unpaired) electrons. The molecule has 0 saturated carbocycles. The van der Waals surface area contributed by atoms with Crippen LogP contribution in [-0.4, -0.2) is 43.1 Å². The van der Waals surface area contributed by atoms with Gasteiger partial charge in [0.1, 0.15) is 5.75 Å². The van der Waals surface area contributed by atoms with Gasteiger partial charge in [-0.05, 0) is 67.1 Å². The average molecular weight is 395 g/mol. The Labute approximate surface area is 175 Å². The van der Waals surface area contributed by atoms with Crippen molar-refractivity contribution in [2.24, 2.45) is 5.92 Å². The molecule has 1 aliphatic heterocycles. The first kappa shape index (κ1) is 21.4. The highest BCUT2D eigenvalue weighted by molar-refractivity contribution is 5.94. The number of ether oxygens (including phenoxy) is 1. The summed E-state index contributed by atoms with van der Waals surface area (Å²) in [6, 6.07) is 16.6. The van der Waals surface area contributed by atoms with Crippen LogP contribution in [0.15, 0.2) is 48.5 Å². The molecule has 29 heavy (non-hydrogen) atoms. The highest BCUT2D eigenvalue weighted by Gasteiger charge is 2.21. The minimum atomic E-state index is 0.152. The molecule has 1 N–H and O–H groups in total. The quantitative estimate of drug-likeness (QED) is 0.641. The van der Waals surface area contributed by atoms with Gasteiger partial charge >= 0.3 is 0 Å². The first-order chi connectivity index (χ1) is 14.0. The Morgan fingerprint density at radius 2 is 1.62 bits per heavy atom. The summed E-state index contributed by atoms with van der Waals surface area (Å²) in [6.07, 6.45) is 3.20. The van der Waals surface area contributed by atoms with Crippen molar-refractivity contribution >= 4 is 5.91 Å². The number of piperidine rings is 1. The van der Waals surface area contributed by atoms with Gasteiger partial charge in [-0.1, -0.05) is 45.0 Å². The SMILES string of the molecule is CC1CCN(C(=O)c2ccc(-c3ccc(OCCCNC(C)C)cc3)cc2)CC1. The topological polar surface area (TPSA) is 41.6 Å². The van der Waals surface area contributed by atoms with Gasteiger partial charge in [-0.15, -0.1) is 0 Å². The van der Waals surface area contributed by atoms with Crippen LogP contribution in [0, 0.1) is 5.92 Å². The molecule has 3 rings (SSSR count). The van der Waals surface area contributed by atoms with Crippen LogP contribution in [0.25, 0.3) is 11.1 Å². The fourth-order valence-electron chi connectivity index (χ4n) is 3.60. The molecule has 1 aliphatic rings. The van der Waals surface area contributed by atoms with Crippen LogP contribution in [0.1, 0.15) is 50.4 Å². The molecular formula is C25H34N2O2. The maximum Gasteiger partial charge on any atom is 0.253 e. The van der Waals surface area contributed by atoms with Gasteiger partial charge in [0, 0.05) is 24.7 Å². The van der Waals surface area contributed by atoms with E-state index in [0.29, 0.717) is 12.6 Å². The van der Waals surface area contributed by atoms with Gasteiger partial charge in [0.15, 0.2) is 0 Å².